The second-order valence-corrected chi connectivity index (χ2v) is 5.11. The number of carbonyl (C=O) groups is 1. The molecule has 110 valence electrons. The first kappa shape index (κ1) is 16.4. The quantitative estimate of drug-likeness (QED) is 0.614. The van der Waals surface area contributed by atoms with E-state index in [1.54, 1.807) is 0 Å². The zero-order valence-corrected chi connectivity index (χ0v) is 12.4. The Balaban J connectivity index is 2.61. The molecule has 0 fully saturated rings. The van der Waals surface area contributed by atoms with E-state index < -0.39 is 11.5 Å². The summed E-state index contributed by atoms with van der Waals surface area (Å²) in [6.45, 7) is 4.47. The highest BCUT2D eigenvalue weighted by Gasteiger charge is 2.34. The fourth-order valence-electron chi connectivity index (χ4n) is 1.72. The third-order valence-electron chi connectivity index (χ3n) is 2.94. The molecule has 1 aromatic carbocycles. The van der Waals surface area contributed by atoms with Crippen molar-refractivity contribution in [3.8, 4) is 0 Å². The Labute approximate surface area is 120 Å². The third-order valence-corrected chi connectivity index (χ3v) is 2.94. The SMILES string of the molecule is COC(=O)[C@@](N)(CC=C(C)C)COCc1ccccc1. The number of methoxy groups -OCH3 is 1. The molecule has 0 heterocycles. The van der Waals surface area contributed by atoms with Gasteiger partial charge in [0.05, 0.1) is 20.3 Å². The number of benzene rings is 1. The van der Waals surface area contributed by atoms with Crippen molar-refractivity contribution in [1.29, 1.82) is 0 Å². The van der Waals surface area contributed by atoms with E-state index in [9.17, 15) is 4.79 Å². The number of ether oxygens (including phenoxy) is 2. The lowest BCUT2D eigenvalue weighted by Crippen LogP contribution is -2.52. The van der Waals surface area contributed by atoms with Crippen molar-refractivity contribution in [2.45, 2.75) is 32.4 Å². The van der Waals surface area contributed by atoms with Crippen LogP contribution in [0.2, 0.25) is 0 Å². The van der Waals surface area contributed by atoms with Crippen molar-refractivity contribution in [3.05, 3.63) is 47.5 Å². The standard InChI is InChI=1S/C16H23NO3/c1-13(2)9-10-16(17,15(18)19-3)12-20-11-14-7-5-4-6-8-14/h4-9H,10-12,17H2,1-3H3/t16-/m1/s1. The third kappa shape index (κ3) is 5.15. The highest BCUT2D eigenvalue weighted by molar-refractivity contribution is 5.80. The highest BCUT2D eigenvalue weighted by atomic mass is 16.5. The van der Waals surface area contributed by atoms with Crippen LogP contribution >= 0.6 is 0 Å². The molecule has 0 saturated heterocycles. The average molecular weight is 277 g/mol. The van der Waals surface area contributed by atoms with Crippen molar-refractivity contribution in [2.75, 3.05) is 13.7 Å². The summed E-state index contributed by atoms with van der Waals surface area (Å²) >= 11 is 0. The van der Waals surface area contributed by atoms with Gasteiger partial charge in [-0.3, -0.25) is 0 Å². The molecule has 0 saturated carbocycles. The molecule has 0 aromatic heterocycles. The molecule has 1 aromatic rings. The van der Waals surface area contributed by atoms with Crippen LogP contribution in [0.3, 0.4) is 0 Å². The van der Waals surface area contributed by atoms with Gasteiger partial charge in [0.2, 0.25) is 0 Å². The maximum Gasteiger partial charge on any atom is 0.328 e. The first-order valence-electron chi connectivity index (χ1n) is 6.60. The van der Waals surface area contributed by atoms with Crippen molar-refractivity contribution in [3.63, 3.8) is 0 Å². The van der Waals surface area contributed by atoms with Gasteiger partial charge in [0, 0.05) is 0 Å². The summed E-state index contributed by atoms with van der Waals surface area (Å²) in [6, 6.07) is 9.76. The second-order valence-electron chi connectivity index (χ2n) is 5.11. The van der Waals surface area contributed by atoms with Crippen molar-refractivity contribution in [2.24, 2.45) is 5.73 Å². The number of hydrogen-bond acceptors (Lipinski definition) is 4. The van der Waals surface area contributed by atoms with Crippen LogP contribution in [0.15, 0.2) is 42.0 Å². The minimum absolute atomic E-state index is 0.123. The summed E-state index contributed by atoms with van der Waals surface area (Å²) in [5.41, 5.74) is 7.13. The van der Waals surface area contributed by atoms with Gasteiger partial charge in [0.25, 0.3) is 0 Å². The van der Waals surface area contributed by atoms with Crippen LogP contribution in [0.25, 0.3) is 0 Å². The van der Waals surface area contributed by atoms with E-state index in [0.29, 0.717) is 13.0 Å². The molecule has 1 rings (SSSR count). The van der Waals surface area contributed by atoms with E-state index in [1.165, 1.54) is 7.11 Å². The van der Waals surface area contributed by atoms with Gasteiger partial charge < -0.3 is 15.2 Å². The summed E-state index contributed by atoms with van der Waals surface area (Å²) in [4.78, 5) is 11.8. The Kier molecular flexibility index (Phi) is 6.42. The van der Waals surface area contributed by atoms with E-state index in [4.69, 9.17) is 15.2 Å². The lowest BCUT2D eigenvalue weighted by Gasteiger charge is -2.25. The Hall–Kier alpha value is -1.65. The minimum atomic E-state index is -1.14. The fraction of sp³-hybridized carbons (Fsp3) is 0.438. The minimum Gasteiger partial charge on any atom is -0.468 e. The topological polar surface area (TPSA) is 61.5 Å². The van der Waals surface area contributed by atoms with Crippen LogP contribution in [-0.2, 0) is 20.9 Å². The lowest BCUT2D eigenvalue weighted by molar-refractivity contribution is -0.149. The fourth-order valence-corrected chi connectivity index (χ4v) is 1.72. The molecule has 0 spiro atoms. The van der Waals surface area contributed by atoms with Crippen molar-refractivity contribution in [1.82, 2.24) is 0 Å². The molecule has 0 unspecified atom stereocenters. The van der Waals surface area contributed by atoms with E-state index >= 15 is 0 Å². The first-order valence-corrected chi connectivity index (χ1v) is 6.60. The van der Waals surface area contributed by atoms with E-state index in [2.05, 4.69) is 0 Å². The lowest BCUT2D eigenvalue weighted by atomic mass is 9.96. The Bertz CT molecular complexity index is 452. The van der Waals surface area contributed by atoms with Gasteiger partial charge in [0.15, 0.2) is 0 Å². The first-order chi connectivity index (χ1) is 9.48. The van der Waals surface area contributed by atoms with Crippen LogP contribution in [-0.4, -0.2) is 25.2 Å². The van der Waals surface area contributed by atoms with Gasteiger partial charge in [-0.2, -0.15) is 0 Å². The van der Waals surface area contributed by atoms with Crippen LogP contribution in [0.5, 0.6) is 0 Å². The number of hydrogen-bond donors (Lipinski definition) is 1. The molecule has 0 aliphatic heterocycles. The smallest absolute Gasteiger partial charge is 0.328 e. The summed E-state index contributed by atoms with van der Waals surface area (Å²) in [5, 5.41) is 0. The van der Waals surface area contributed by atoms with Crippen LogP contribution < -0.4 is 5.73 Å². The summed E-state index contributed by atoms with van der Waals surface area (Å²) < 4.78 is 10.4. The maximum atomic E-state index is 11.8. The van der Waals surface area contributed by atoms with Crippen LogP contribution in [0.1, 0.15) is 25.8 Å². The molecule has 0 radical (unpaired) electrons. The molecule has 4 heteroatoms. The molecule has 20 heavy (non-hydrogen) atoms. The normalized spacial score (nSPS) is 13.4. The van der Waals surface area contributed by atoms with Gasteiger partial charge in [0.1, 0.15) is 5.54 Å². The largest absolute Gasteiger partial charge is 0.468 e. The number of nitrogens with two attached hydrogens (primary N) is 1. The second kappa shape index (κ2) is 7.82. The zero-order chi connectivity index (χ0) is 15.0. The van der Waals surface area contributed by atoms with E-state index in [1.807, 2.05) is 50.3 Å². The molecule has 2 N–H and O–H groups in total. The maximum absolute atomic E-state index is 11.8. The molecule has 0 aliphatic carbocycles. The zero-order valence-electron chi connectivity index (χ0n) is 12.4. The summed E-state index contributed by atoms with van der Waals surface area (Å²) in [7, 11) is 1.34. The Morgan fingerprint density at radius 1 is 1.30 bits per heavy atom. The molecule has 0 amide bonds. The number of rotatable bonds is 7. The number of carbonyl (C=O) groups excluding carboxylic acids is 1. The van der Waals surface area contributed by atoms with Crippen molar-refractivity contribution >= 4 is 5.97 Å². The predicted molar refractivity (Wildman–Crippen MR) is 79.1 cm³/mol. The number of esters is 1. The van der Waals surface area contributed by atoms with Gasteiger partial charge in [-0.25, -0.2) is 4.79 Å². The van der Waals surface area contributed by atoms with Gasteiger partial charge >= 0.3 is 5.97 Å². The average Bonchev–Trinajstić information content (AvgIpc) is 2.45. The van der Waals surface area contributed by atoms with E-state index in [0.717, 1.165) is 11.1 Å². The molecule has 0 bridgehead atoms. The monoisotopic (exact) mass is 277 g/mol. The molecular weight excluding hydrogens is 254 g/mol. The Morgan fingerprint density at radius 3 is 2.50 bits per heavy atom. The molecule has 1 atom stereocenters. The predicted octanol–water partition coefficient (Wildman–Crippen LogP) is 2.43. The Morgan fingerprint density at radius 2 is 1.95 bits per heavy atom. The van der Waals surface area contributed by atoms with Gasteiger partial charge in [-0.05, 0) is 25.8 Å². The number of allylic oxidation sites excluding steroid dienone is 1. The molecular formula is C16H23NO3. The van der Waals surface area contributed by atoms with Crippen LogP contribution in [0.4, 0.5) is 0 Å². The summed E-state index contributed by atoms with van der Waals surface area (Å²) in [5.74, 6) is -0.455. The molecule has 0 aliphatic rings. The van der Waals surface area contributed by atoms with Crippen molar-refractivity contribution < 1.29 is 14.3 Å². The highest BCUT2D eigenvalue weighted by Crippen LogP contribution is 2.14. The van der Waals surface area contributed by atoms with Gasteiger partial charge in [-0.1, -0.05) is 42.0 Å². The van der Waals surface area contributed by atoms with Gasteiger partial charge in [-0.15, -0.1) is 0 Å². The molecule has 4 nitrogen and oxygen atoms in total. The summed E-state index contributed by atoms with van der Waals surface area (Å²) in [6.07, 6.45) is 2.32. The van der Waals surface area contributed by atoms with Crippen LogP contribution in [0, 0.1) is 0 Å². The van der Waals surface area contributed by atoms with E-state index in [-0.39, 0.29) is 6.61 Å².